The molecule has 2 aliphatic rings. The predicted octanol–water partition coefficient (Wildman–Crippen LogP) is 1.71. The lowest BCUT2D eigenvalue weighted by atomic mass is 10.1. The molecule has 16 heavy (non-hydrogen) atoms. The maximum Gasteiger partial charge on any atom is 0.0233 e. The molecule has 2 N–H and O–H groups in total. The van der Waals surface area contributed by atoms with E-state index in [1.807, 2.05) is 0 Å². The summed E-state index contributed by atoms with van der Waals surface area (Å²) in [5, 5.41) is 0. The molecule has 2 heteroatoms. The van der Waals surface area contributed by atoms with Crippen molar-refractivity contribution < 1.29 is 0 Å². The van der Waals surface area contributed by atoms with Gasteiger partial charge in [-0.3, -0.25) is 4.90 Å². The molecule has 3 rings (SSSR count). The standard InChI is InChI=1S/C14H20N2/c1-10(15)14-12-8-16(9-13(12)14)7-11-5-3-2-4-6-11/h2-6,10,12-14H,7-9,15H2,1H3/t10?,12-,13+,14+. The molecule has 1 aliphatic heterocycles. The lowest BCUT2D eigenvalue weighted by Gasteiger charge is -2.20. The van der Waals surface area contributed by atoms with Crippen LogP contribution >= 0.6 is 0 Å². The van der Waals surface area contributed by atoms with Crippen LogP contribution in [0.4, 0.5) is 0 Å². The highest BCUT2D eigenvalue weighted by Crippen LogP contribution is 2.53. The number of hydrogen-bond donors (Lipinski definition) is 1. The number of fused-ring (bicyclic) bond motifs is 1. The third kappa shape index (κ3) is 1.76. The zero-order valence-electron chi connectivity index (χ0n) is 9.84. The summed E-state index contributed by atoms with van der Waals surface area (Å²) >= 11 is 0. The van der Waals surface area contributed by atoms with Crippen molar-refractivity contribution in [3.05, 3.63) is 35.9 Å². The molecule has 1 aromatic rings. The van der Waals surface area contributed by atoms with Gasteiger partial charge >= 0.3 is 0 Å². The van der Waals surface area contributed by atoms with E-state index < -0.39 is 0 Å². The molecule has 0 radical (unpaired) electrons. The minimum atomic E-state index is 0.397. The van der Waals surface area contributed by atoms with Gasteiger partial charge in [0.25, 0.3) is 0 Å². The highest BCUT2D eigenvalue weighted by atomic mass is 15.2. The van der Waals surface area contributed by atoms with Crippen LogP contribution in [0.15, 0.2) is 30.3 Å². The average Bonchev–Trinajstić information content (AvgIpc) is 2.79. The van der Waals surface area contributed by atoms with Gasteiger partial charge in [0.15, 0.2) is 0 Å². The van der Waals surface area contributed by atoms with E-state index in [9.17, 15) is 0 Å². The van der Waals surface area contributed by atoms with Crippen molar-refractivity contribution in [3.63, 3.8) is 0 Å². The second kappa shape index (κ2) is 3.86. The molecule has 0 amide bonds. The number of likely N-dealkylation sites (tertiary alicyclic amines) is 1. The fraction of sp³-hybridized carbons (Fsp3) is 0.571. The van der Waals surface area contributed by atoms with Crippen LogP contribution in [0.2, 0.25) is 0 Å². The zero-order valence-corrected chi connectivity index (χ0v) is 9.84. The van der Waals surface area contributed by atoms with Crippen molar-refractivity contribution >= 4 is 0 Å². The number of rotatable bonds is 3. The van der Waals surface area contributed by atoms with Crippen LogP contribution < -0.4 is 5.73 Å². The van der Waals surface area contributed by atoms with Crippen LogP contribution in [-0.2, 0) is 6.54 Å². The number of hydrogen-bond acceptors (Lipinski definition) is 2. The first kappa shape index (κ1) is 10.3. The quantitative estimate of drug-likeness (QED) is 0.833. The molecule has 0 bridgehead atoms. The van der Waals surface area contributed by atoms with Gasteiger partial charge in [-0.15, -0.1) is 0 Å². The third-order valence-electron chi connectivity index (χ3n) is 4.19. The molecule has 2 fully saturated rings. The maximum absolute atomic E-state index is 5.97. The lowest BCUT2D eigenvalue weighted by Crippen LogP contribution is -2.29. The van der Waals surface area contributed by atoms with Crippen LogP contribution in [0.25, 0.3) is 0 Å². The Morgan fingerprint density at radius 3 is 2.44 bits per heavy atom. The summed E-state index contributed by atoms with van der Waals surface area (Å²) in [4.78, 5) is 2.57. The molecule has 0 aromatic heterocycles. The van der Waals surface area contributed by atoms with Crippen molar-refractivity contribution in [2.24, 2.45) is 23.5 Å². The van der Waals surface area contributed by atoms with Crippen molar-refractivity contribution in [2.75, 3.05) is 13.1 Å². The Labute approximate surface area is 97.4 Å². The lowest BCUT2D eigenvalue weighted by molar-refractivity contribution is 0.270. The molecule has 1 aliphatic carbocycles. The van der Waals surface area contributed by atoms with Crippen molar-refractivity contribution in [1.29, 1.82) is 0 Å². The van der Waals surface area contributed by atoms with E-state index in [0.29, 0.717) is 6.04 Å². The van der Waals surface area contributed by atoms with Crippen LogP contribution in [-0.4, -0.2) is 24.0 Å². The molecular weight excluding hydrogens is 196 g/mol. The van der Waals surface area contributed by atoms with Crippen molar-refractivity contribution in [1.82, 2.24) is 4.90 Å². The topological polar surface area (TPSA) is 29.3 Å². The minimum absolute atomic E-state index is 0.397. The Hall–Kier alpha value is -0.860. The Morgan fingerprint density at radius 1 is 1.25 bits per heavy atom. The largest absolute Gasteiger partial charge is 0.328 e. The Balaban J connectivity index is 1.55. The number of benzene rings is 1. The summed E-state index contributed by atoms with van der Waals surface area (Å²) in [6, 6.07) is 11.2. The first-order valence-corrected chi connectivity index (χ1v) is 6.27. The van der Waals surface area contributed by atoms with Gasteiger partial charge in [0.2, 0.25) is 0 Å². The molecule has 2 nitrogen and oxygen atoms in total. The Bertz CT molecular complexity index is 348. The second-order valence-electron chi connectivity index (χ2n) is 5.44. The molecular formula is C14H20N2. The molecule has 1 saturated heterocycles. The van der Waals surface area contributed by atoms with Gasteiger partial charge in [-0.2, -0.15) is 0 Å². The Morgan fingerprint density at radius 2 is 1.88 bits per heavy atom. The molecule has 1 aromatic carbocycles. The first-order valence-electron chi connectivity index (χ1n) is 6.27. The molecule has 4 atom stereocenters. The van der Waals surface area contributed by atoms with E-state index in [2.05, 4.69) is 42.2 Å². The molecule has 0 spiro atoms. The van der Waals surface area contributed by atoms with Crippen molar-refractivity contribution in [3.8, 4) is 0 Å². The third-order valence-corrected chi connectivity index (χ3v) is 4.19. The van der Waals surface area contributed by atoms with Gasteiger partial charge < -0.3 is 5.73 Å². The van der Waals surface area contributed by atoms with Gasteiger partial charge in [-0.05, 0) is 30.2 Å². The average molecular weight is 216 g/mol. The van der Waals surface area contributed by atoms with Gasteiger partial charge in [-0.25, -0.2) is 0 Å². The van der Waals surface area contributed by atoms with Gasteiger partial charge in [0.05, 0.1) is 0 Å². The smallest absolute Gasteiger partial charge is 0.0233 e. The van der Waals surface area contributed by atoms with Gasteiger partial charge in [-0.1, -0.05) is 30.3 Å². The van der Waals surface area contributed by atoms with E-state index in [1.165, 1.54) is 18.7 Å². The molecule has 1 saturated carbocycles. The minimum Gasteiger partial charge on any atom is -0.328 e. The van der Waals surface area contributed by atoms with E-state index in [-0.39, 0.29) is 0 Å². The summed E-state index contributed by atoms with van der Waals surface area (Å²) in [6.07, 6.45) is 0. The van der Waals surface area contributed by atoms with Crippen LogP contribution in [0.1, 0.15) is 12.5 Å². The van der Waals surface area contributed by atoms with E-state index >= 15 is 0 Å². The van der Waals surface area contributed by atoms with Crippen molar-refractivity contribution in [2.45, 2.75) is 19.5 Å². The fourth-order valence-electron chi connectivity index (χ4n) is 3.41. The van der Waals surface area contributed by atoms with E-state index in [4.69, 9.17) is 5.73 Å². The number of nitrogens with two attached hydrogens (primary N) is 1. The summed E-state index contributed by atoms with van der Waals surface area (Å²) in [5.41, 5.74) is 7.40. The van der Waals surface area contributed by atoms with Gasteiger partial charge in [0, 0.05) is 25.7 Å². The fourth-order valence-corrected chi connectivity index (χ4v) is 3.41. The van der Waals surface area contributed by atoms with Gasteiger partial charge in [0.1, 0.15) is 0 Å². The normalized spacial score (nSPS) is 34.8. The zero-order chi connectivity index (χ0) is 11.1. The van der Waals surface area contributed by atoms with E-state index in [0.717, 1.165) is 24.3 Å². The van der Waals surface area contributed by atoms with E-state index in [1.54, 1.807) is 0 Å². The molecule has 86 valence electrons. The summed E-state index contributed by atoms with van der Waals surface area (Å²) in [6.45, 7) is 5.78. The van der Waals surface area contributed by atoms with Crippen LogP contribution in [0.5, 0.6) is 0 Å². The van der Waals surface area contributed by atoms with Crippen LogP contribution in [0, 0.1) is 17.8 Å². The molecule has 1 heterocycles. The monoisotopic (exact) mass is 216 g/mol. The predicted molar refractivity (Wildman–Crippen MR) is 65.8 cm³/mol. The maximum atomic E-state index is 5.97. The Kier molecular flexibility index (Phi) is 2.49. The number of piperidine rings is 1. The first-order chi connectivity index (χ1) is 7.75. The van der Waals surface area contributed by atoms with Crippen LogP contribution in [0.3, 0.4) is 0 Å². The molecule has 1 unspecified atom stereocenters. The summed E-state index contributed by atoms with van der Waals surface area (Å²) < 4.78 is 0. The SMILES string of the molecule is CC(N)[C@H]1[C@@H]2CN(Cc3ccccc3)C[C@@H]21. The number of nitrogens with zero attached hydrogens (tertiary/aromatic N) is 1. The highest BCUT2D eigenvalue weighted by molar-refractivity contribution is 5.16. The summed E-state index contributed by atoms with van der Waals surface area (Å²) in [5.74, 6) is 2.60. The highest BCUT2D eigenvalue weighted by Gasteiger charge is 2.56. The second-order valence-corrected chi connectivity index (χ2v) is 5.44. The summed E-state index contributed by atoms with van der Waals surface area (Å²) in [7, 11) is 0.